The molecule has 92 valence electrons. The molecule has 0 saturated carbocycles. The first-order chi connectivity index (χ1) is 8.76. The summed E-state index contributed by atoms with van der Waals surface area (Å²) in [6.07, 6.45) is 4.98. The van der Waals surface area contributed by atoms with Gasteiger partial charge >= 0.3 is 0 Å². The molecule has 0 spiro atoms. The van der Waals surface area contributed by atoms with Crippen LogP contribution < -0.4 is 5.32 Å². The molecule has 0 unspecified atom stereocenters. The molecule has 0 radical (unpaired) electrons. The third kappa shape index (κ3) is 1.88. The predicted molar refractivity (Wildman–Crippen MR) is 67.0 cm³/mol. The summed E-state index contributed by atoms with van der Waals surface area (Å²) in [5.41, 5.74) is 1.42. The van der Waals surface area contributed by atoms with Crippen LogP contribution in [0.15, 0.2) is 24.8 Å². The monoisotopic (exact) mass is 263 g/mol. The number of rotatable bonds is 3. The van der Waals surface area contributed by atoms with Gasteiger partial charge in [-0.2, -0.15) is 5.10 Å². The first-order valence-electron chi connectivity index (χ1n) is 5.42. The molecule has 0 bridgehead atoms. The van der Waals surface area contributed by atoms with Crippen molar-refractivity contribution in [2.45, 2.75) is 13.5 Å². The van der Waals surface area contributed by atoms with E-state index in [1.807, 2.05) is 13.1 Å². The van der Waals surface area contributed by atoms with Crippen LogP contribution in [0.25, 0.3) is 5.65 Å². The van der Waals surface area contributed by atoms with Crippen LogP contribution in [0.1, 0.15) is 6.92 Å². The maximum atomic E-state index is 6.01. The van der Waals surface area contributed by atoms with Crippen molar-refractivity contribution in [3.8, 4) is 0 Å². The highest BCUT2D eigenvalue weighted by Gasteiger charge is 2.07. The molecule has 0 aliphatic carbocycles. The van der Waals surface area contributed by atoms with Crippen molar-refractivity contribution in [3.05, 3.63) is 29.8 Å². The van der Waals surface area contributed by atoms with Gasteiger partial charge in [-0.25, -0.2) is 9.50 Å². The second kappa shape index (κ2) is 4.26. The molecule has 3 heterocycles. The quantitative estimate of drug-likeness (QED) is 0.779. The molecular formula is C10H10ClN7. The zero-order valence-electron chi connectivity index (χ0n) is 9.58. The zero-order chi connectivity index (χ0) is 12.5. The van der Waals surface area contributed by atoms with Gasteiger partial charge in [0.2, 0.25) is 0 Å². The largest absolute Gasteiger partial charge is 0.334 e. The highest BCUT2D eigenvalue weighted by atomic mass is 35.5. The summed E-state index contributed by atoms with van der Waals surface area (Å²) in [7, 11) is 0. The Bertz CT molecular complexity index is 686. The van der Waals surface area contributed by atoms with Crippen molar-refractivity contribution in [1.29, 1.82) is 0 Å². The van der Waals surface area contributed by atoms with E-state index in [1.54, 1.807) is 21.5 Å². The second-order valence-corrected chi connectivity index (χ2v) is 4.12. The van der Waals surface area contributed by atoms with Crippen LogP contribution in [0.5, 0.6) is 0 Å². The van der Waals surface area contributed by atoms with Gasteiger partial charge in [0.05, 0.1) is 16.9 Å². The van der Waals surface area contributed by atoms with E-state index in [4.69, 9.17) is 11.6 Å². The van der Waals surface area contributed by atoms with E-state index >= 15 is 0 Å². The van der Waals surface area contributed by atoms with Crippen molar-refractivity contribution in [1.82, 2.24) is 29.6 Å². The highest BCUT2D eigenvalue weighted by molar-refractivity contribution is 6.30. The van der Waals surface area contributed by atoms with Crippen molar-refractivity contribution < 1.29 is 0 Å². The SMILES string of the molecule is CCn1cc(Nc2cc(Cl)cn3ncnc23)nn1. The molecule has 3 aromatic rings. The van der Waals surface area contributed by atoms with Crippen LogP contribution >= 0.6 is 11.6 Å². The van der Waals surface area contributed by atoms with E-state index in [9.17, 15) is 0 Å². The Labute approximate surface area is 107 Å². The molecule has 0 saturated heterocycles. The summed E-state index contributed by atoms with van der Waals surface area (Å²) in [6.45, 7) is 2.76. The van der Waals surface area contributed by atoms with Gasteiger partial charge in [-0.05, 0) is 13.0 Å². The van der Waals surface area contributed by atoms with Crippen LogP contribution in [0, 0.1) is 0 Å². The summed E-state index contributed by atoms with van der Waals surface area (Å²) in [6, 6.07) is 1.77. The Morgan fingerprint density at radius 2 is 2.28 bits per heavy atom. The summed E-state index contributed by atoms with van der Waals surface area (Å²) in [5.74, 6) is 0.643. The molecule has 3 aromatic heterocycles. The fourth-order valence-electron chi connectivity index (χ4n) is 1.63. The Kier molecular flexibility index (Phi) is 2.60. The van der Waals surface area contributed by atoms with Gasteiger partial charge < -0.3 is 5.32 Å². The summed E-state index contributed by atoms with van der Waals surface area (Å²) >= 11 is 6.01. The van der Waals surface area contributed by atoms with Crippen LogP contribution in [0.3, 0.4) is 0 Å². The molecule has 1 N–H and O–H groups in total. The number of pyridine rings is 1. The number of hydrogen-bond acceptors (Lipinski definition) is 5. The number of nitrogens with one attached hydrogen (secondary N) is 1. The number of hydrogen-bond donors (Lipinski definition) is 1. The number of nitrogens with zero attached hydrogens (tertiary/aromatic N) is 6. The minimum Gasteiger partial charge on any atom is -0.334 e. The average molecular weight is 264 g/mol. The van der Waals surface area contributed by atoms with E-state index in [-0.39, 0.29) is 0 Å². The van der Waals surface area contributed by atoms with Crippen LogP contribution in [-0.4, -0.2) is 29.6 Å². The number of aryl methyl sites for hydroxylation is 1. The molecule has 0 aliphatic heterocycles. The Hall–Kier alpha value is -2.15. The molecule has 0 aromatic carbocycles. The maximum absolute atomic E-state index is 6.01. The van der Waals surface area contributed by atoms with Crippen LogP contribution in [0.2, 0.25) is 5.02 Å². The minimum absolute atomic E-state index is 0.568. The van der Waals surface area contributed by atoms with E-state index in [1.165, 1.54) is 6.33 Å². The molecule has 0 atom stereocenters. The van der Waals surface area contributed by atoms with Gasteiger partial charge in [0.1, 0.15) is 6.33 Å². The van der Waals surface area contributed by atoms with Crippen molar-refractivity contribution in [2.75, 3.05) is 5.32 Å². The molecular weight excluding hydrogens is 254 g/mol. The predicted octanol–water partition coefficient (Wildman–Crippen LogP) is 1.74. The lowest BCUT2D eigenvalue weighted by molar-refractivity contribution is 0.627. The van der Waals surface area contributed by atoms with E-state index < -0.39 is 0 Å². The molecule has 18 heavy (non-hydrogen) atoms. The van der Waals surface area contributed by atoms with E-state index in [2.05, 4.69) is 25.7 Å². The fraction of sp³-hybridized carbons (Fsp3) is 0.200. The van der Waals surface area contributed by atoms with Gasteiger partial charge in [0.25, 0.3) is 0 Å². The Balaban J connectivity index is 2.00. The fourth-order valence-corrected chi connectivity index (χ4v) is 1.84. The van der Waals surface area contributed by atoms with Gasteiger partial charge in [-0.1, -0.05) is 16.8 Å². The number of anilines is 2. The lowest BCUT2D eigenvalue weighted by Gasteiger charge is -2.04. The first-order valence-corrected chi connectivity index (χ1v) is 5.80. The van der Waals surface area contributed by atoms with Gasteiger partial charge in [0.15, 0.2) is 11.5 Å². The molecule has 7 nitrogen and oxygen atoms in total. The topological polar surface area (TPSA) is 72.9 Å². The number of fused-ring (bicyclic) bond motifs is 1. The van der Waals surface area contributed by atoms with Crippen LogP contribution in [-0.2, 0) is 6.54 Å². The molecule has 0 aliphatic rings. The van der Waals surface area contributed by atoms with Crippen LogP contribution in [0.4, 0.5) is 11.5 Å². The maximum Gasteiger partial charge on any atom is 0.178 e. The minimum atomic E-state index is 0.568. The average Bonchev–Trinajstić information content (AvgIpc) is 2.97. The molecule has 0 amide bonds. The van der Waals surface area contributed by atoms with Crippen molar-refractivity contribution >= 4 is 28.8 Å². The third-order valence-electron chi connectivity index (χ3n) is 2.47. The summed E-state index contributed by atoms with van der Waals surface area (Å²) in [5, 5.41) is 15.7. The second-order valence-electron chi connectivity index (χ2n) is 3.68. The number of aromatic nitrogens is 6. The zero-order valence-corrected chi connectivity index (χ0v) is 10.3. The highest BCUT2D eigenvalue weighted by Crippen LogP contribution is 2.22. The van der Waals surface area contributed by atoms with Gasteiger partial charge in [-0.15, -0.1) is 5.10 Å². The normalized spacial score (nSPS) is 11.0. The summed E-state index contributed by atoms with van der Waals surface area (Å²) in [4.78, 5) is 4.16. The lowest BCUT2D eigenvalue weighted by Crippen LogP contribution is -1.96. The van der Waals surface area contributed by atoms with Gasteiger partial charge in [0, 0.05) is 12.7 Å². The molecule has 3 rings (SSSR count). The smallest absolute Gasteiger partial charge is 0.178 e. The Morgan fingerprint density at radius 1 is 1.39 bits per heavy atom. The standard InChI is InChI=1S/C10H10ClN7/c1-2-17-5-9(15-16-17)14-8-3-7(11)4-18-10(8)12-6-13-18/h3-6,14H,2H2,1H3. The van der Waals surface area contributed by atoms with Crippen molar-refractivity contribution in [3.63, 3.8) is 0 Å². The van der Waals surface area contributed by atoms with Gasteiger partial charge in [-0.3, -0.25) is 4.68 Å². The molecule has 0 fully saturated rings. The first kappa shape index (κ1) is 11.0. The van der Waals surface area contributed by atoms with Crippen molar-refractivity contribution in [2.24, 2.45) is 0 Å². The Morgan fingerprint density at radius 3 is 3.06 bits per heavy atom. The molecule has 8 heteroatoms. The third-order valence-corrected chi connectivity index (χ3v) is 2.67. The van der Waals surface area contributed by atoms with E-state index in [0.29, 0.717) is 16.5 Å². The lowest BCUT2D eigenvalue weighted by atomic mass is 10.4. The summed E-state index contributed by atoms with van der Waals surface area (Å²) < 4.78 is 3.34. The number of halogens is 1. The van der Waals surface area contributed by atoms with E-state index in [0.717, 1.165) is 12.2 Å².